The lowest BCUT2D eigenvalue weighted by molar-refractivity contribution is 0.241. The highest BCUT2D eigenvalue weighted by molar-refractivity contribution is 6.31. The highest BCUT2D eigenvalue weighted by Crippen LogP contribution is 2.26. The first kappa shape index (κ1) is 14.8. The Morgan fingerprint density at radius 1 is 1.15 bits per heavy atom. The third-order valence-corrected chi connectivity index (χ3v) is 3.43. The fourth-order valence-electron chi connectivity index (χ4n) is 1.94. The van der Waals surface area contributed by atoms with Gasteiger partial charge in [0.2, 0.25) is 0 Å². The summed E-state index contributed by atoms with van der Waals surface area (Å²) in [6, 6.07) is 7.51. The molecule has 1 aromatic heterocycles. The Hall–Kier alpha value is -1.58. The van der Waals surface area contributed by atoms with Crippen molar-refractivity contribution in [3.63, 3.8) is 0 Å². The van der Waals surface area contributed by atoms with Crippen LogP contribution >= 0.6 is 11.6 Å². The Morgan fingerprint density at radius 3 is 2.55 bits per heavy atom. The number of aryl methyl sites for hydroxylation is 1. The second kappa shape index (κ2) is 6.25. The first-order valence-corrected chi connectivity index (χ1v) is 6.98. The van der Waals surface area contributed by atoms with E-state index in [1.54, 1.807) is 12.4 Å². The average Bonchev–Trinajstić information content (AvgIpc) is 2.40. The van der Waals surface area contributed by atoms with E-state index in [2.05, 4.69) is 4.98 Å². The van der Waals surface area contributed by atoms with Crippen LogP contribution in [0.1, 0.15) is 36.6 Å². The van der Waals surface area contributed by atoms with Gasteiger partial charge < -0.3 is 10.5 Å². The lowest BCUT2D eigenvalue weighted by atomic mass is 10.00. The molecule has 4 heteroatoms. The smallest absolute Gasteiger partial charge is 0.138 e. The number of nitrogens with two attached hydrogens (primary N) is 1. The molecule has 0 aliphatic carbocycles. The van der Waals surface area contributed by atoms with Crippen LogP contribution in [0, 0.1) is 6.92 Å². The van der Waals surface area contributed by atoms with Gasteiger partial charge in [-0.15, -0.1) is 0 Å². The number of hydrogen-bond donors (Lipinski definition) is 1. The number of halogens is 1. The van der Waals surface area contributed by atoms with Crippen LogP contribution in [0.2, 0.25) is 5.02 Å². The molecular formula is C16H19ClN2O. The Morgan fingerprint density at radius 2 is 1.90 bits per heavy atom. The highest BCUT2D eigenvalue weighted by atomic mass is 35.5. The van der Waals surface area contributed by atoms with E-state index in [0.717, 1.165) is 27.5 Å². The number of nitrogens with zero attached hydrogens (tertiary/aromatic N) is 1. The van der Waals surface area contributed by atoms with Crippen molar-refractivity contribution < 1.29 is 4.74 Å². The summed E-state index contributed by atoms with van der Waals surface area (Å²) in [5.41, 5.74) is 9.19. The molecule has 1 aromatic carbocycles. The number of benzene rings is 1. The van der Waals surface area contributed by atoms with Crippen LogP contribution in [0.15, 0.2) is 36.7 Å². The Bertz CT molecular complexity index is 599. The van der Waals surface area contributed by atoms with Crippen LogP contribution in [0.3, 0.4) is 0 Å². The van der Waals surface area contributed by atoms with Gasteiger partial charge in [0.1, 0.15) is 5.75 Å². The monoisotopic (exact) mass is 290 g/mol. The van der Waals surface area contributed by atoms with Crippen LogP contribution in [-0.4, -0.2) is 11.1 Å². The first-order valence-electron chi connectivity index (χ1n) is 6.60. The van der Waals surface area contributed by atoms with E-state index >= 15 is 0 Å². The Labute approximate surface area is 124 Å². The summed E-state index contributed by atoms with van der Waals surface area (Å²) in [5.74, 6) is 0.728. The third-order valence-electron chi connectivity index (χ3n) is 3.02. The van der Waals surface area contributed by atoms with E-state index in [1.165, 1.54) is 0 Å². The number of pyridine rings is 1. The van der Waals surface area contributed by atoms with E-state index in [4.69, 9.17) is 22.1 Å². The van der Waals surface area contributed by atoms with Gasteiger partial charge in [-0.2, -0.15) is 0 Å². The summed E-state index contributed by atoms with van der Waals surface area (Å²) < 4.78 is 5.64. The maximum Gasteiger partial charge on any atom is 0.138 e. The minimum atomic E-state index is -0.267. The summed E-state index contributed by atoms with van der Waals surface area (Å²) in [4.78, 5) is 4.19. The molecule has 106 valence electrons. The molecule has 0 aliphatic rings. The van der Waals surface area contributed by atoms with E-state index in [9.17, 15) is 0 Å². The van der Waals surface area contributed by atoms with Crippen molar-refractivity contribution in [3.8, 4) is 5.75 Å². The summed E-state index contributed by atoms with van der Waals surface area (Å²) in [5, 5.41) is 0.723. The molecule has 1 atom stereocenters. The van der Waals surface area contributed by atoms with Crippen LogP contribution in [0.25, 0.3) is 0 Å². The Balaban J connectivity index is 2.28. The van der Waals surface area contributed by atoms with Gasteiger partial charge in [-0.05, 0) is 49.6 Å². The van der Waals surface area contributed by atoms with Crippen molar-refractivity contribution in [1.82, 2.24) is 4.98 Å². The second-order valence-corrected chi connectivity index (χ2v) is 5.51. The van der Waals surface area contributed by atoms with E-state index in [1.807, 2.05) is 45.0 Å². The van der Waals surface area contributed by atoms with Gasteiger partial charge in [-0.25, -0.2) is 0 Å². The topological polar surface area (TPSA) is 48.1 Å². The minimum Gasteiger partial charge on any atom is -0.489 e. The lowest BCUT2D eigenvalue weighted by Gasteiger charge is -2.15. The van der Waals surface area contributed by atoms with Crippen molar-refractivity contribution in [2.45, 2.75) is 32.9 Å². The van der Waals surface area contributed by atoms with Gasteiger partial charge in [0, 0.05) is 11.2 Å². The molecule has 0 amide bonds. The lowest BCUT2D eigenvalue weighted by Crippen LogP contribution is -2.13. The maximum atomic E-state index is 6.28. The largest absolute Gasteiger partial charge is 0.489 e. The highest BCUT2D eigenvalue weighted by Gasteiger charge is 2.12. The van der Waals surface area contributed by atoms with Gasteiger partial charge in [0.15, 0.2) is 0 Å². The average molecular weight is 291 g/mol. The molecule has 1 unspecified atom stereocenters. The van der Waals surface area contributed by atoms with E-state index in [-0.39, 0.29) is 12.1 Å². The molecule has 0 saturated heterocycles. The fourth-order valence-corrected chi connectivity index (χ4v) is 2.13. The maximum absolute atomic E-state index is 6.28. The van der Waals surface area contributed by atoms with Gasteiger partial charge in [0.05, 0.1) is 18.3 Å². The van der Waals surface area contributed by atoms with Gasteiger partial charge in [-0.1, -0.05) is 23.7 Å². The molecule has 0 saturated carbocycles. The zero-order chi connectivity index (χ0) is 14.7. The first-order chi connectivity index (χ1) is 9.47. The van der Waals surface area contributed by atoms with Gasteiger partial charge in [-0.3, -0.25) is 4.98 Å². The van der Waals surface area contributed by atoms with Crippen molar-refractivity contribution in [2.24, 2.45) is 5.73 Å². The van der Waals surface area contributed by atoms with Gasteiger partial charge in [0.25, 0.3) is 0 Å². The second-order valence-electron chi connectivity index (χ2n) is 5.11. The van der Waals surface area contributed by atoms with Gasteiger partial charge >= 0.3 is 0 Å². The molecule has 3 nitrogen and oxygen atoms in total. The molecular weight excluding hydrogens is 272 g/mol. The van der Waals surface area contributed by atoms with Crippen LogP contribution in [0.5, 0.6) is 5.75 Å². The SMILES string of the molecule is Cc1ccc(C(N)c2cncc(OC(C)C)c2)cc1Cl. The van der Waals surface area contributed by atoms with E-state index < -0.39 is 0 Å². The molecule has 0 spiro atoms. The van der Waals surface area contributed by atoms with Crippen LogP contribution < -0.4 is 10.5 Å². The van der Waals surface area contributed by atoms with Crippen molar-refractivity contribution in [3.05, 3.63) is 58.4 Å². The Kier molecular flexibility index (Phi) is 4.63. The van der Waals surface area contributed by atoms with Crippen molar-refractivity contribution in [2.75, 3.05) is 0 Å². The number of rotatable bonds is 4. The zero-order valence-electron chi connectivity index (χ0n) is 11.9. The number of ether oxygens (including phenoxy) is 1. The molecule has 1 heterocycles. The third kappa shape index (κ3) is 3.50. The fraction of sp³-hybridized carbons (Fsp3) is 0.312. The number of hydrogen-bond acceptors (Lipinski definition) is 3. The van der Waals surface area contributed by atoms with Crippen LogP contribution in [-0.2, 0) is 0 Å². The molecule has 2 N–H and O–H groups in total. The zero-order valence-corrected chi connectivity index (χ0v) is 12.7. The summed E-state index contributed by atoms with van der Waals surface area (Å²) in [6.07, 6.45) is 3.56. The summed E-state index contributed by atoms with van der Waals surface area (Å²) >= 11 is 6.15. The molecule has 2 rings (SSSR count). The molecule has 2 aromatic rings. The van der Waals surface area contributed by atoms with Crippen LogP contribution in [0.4, 0.5) is 0 Å². The predicted molar refractivity (Wildman–Crippen MR) is 82.2 cm³/mol. The molecule has 0 fully saturated rings. The van der Waals surface area contributed by atoms with Crippen molar-refractivity contribution in [1.29, 1.82) is 0 Å². The number of aromatic nitrogens is 1. The van der Waals surface area contributed by atoms with Crippen molar-refractivity contribution >= 4 is 11.6 Å². The molecule has 0 radical (unpaired) electrons. The minimum absolute atomic E-state index is 0.108. The molecule has 0 aliphatic heterocycles. The summed E-state index contributed by atoms with van der Waals surface area (Å²) in [6.45, 7) is 5.93. The quantitative estimate of drug-likeness (QED) is 0.929. The molecule has 20 heavy (non-hydrogen) atoms. The van der Waals surface area contributed by atoms with E-state index in [0.29, 0.717) is 0 Å². The standard InChI is InChI=1S/C16H19ClN2O/c1-10(2)20-14-6-13(8-19-9-14)16(18)12-5-4-11(3)15(17)7-12/h4-10,16H,18H2,1-3H3. The summed E-state index contributed by atoms with van der Waals surface area (Å²) in [7, 11) is 0. The molecule has 0 bridgehead atoms. The predicted octanol–water partition coefficient (Wildman–Crippen LogP) is 3.88. The normalized spacial score (nSPS) is 12.5.